The number of aliphatic hydroxyl groups is 1. The summed E-state index contributed by atoms with van der Waals surface area (Å²) in [6, 6.07) is 3.23. The molecule has 0 aliphatic carbocycles. The van der Waals surface area contributed by atoms with Crippen molar-refractivity contribution in [3.05, 3.63) is 23.9 Å². The van der Waals surface area contributed by atoms with Gasteiger partial charge in [-0.1, -0.05) is 13.8 Å². The summed E-state index contributed by atoms with van der Waals surface area (Å²) in [7, 11) is 0. The molecular formula is C14H22N2O3. The monoisotopic (exact) mass is 266 g/mol. The Morgan fingerprint density at radius 1 is 1.53 bits per heavy atom. The van der Waals surface area contributed by atoms with Gasteiger partial charge < -0.3 is 15.2 Å². The first-order valence-electron chi connectivity index (χ1n) is 6.58. The minimum Gasteiger partial charge on any atom is -0.462 e. The maximum atomic E-state index is 11.8. The lowest BCUT2D eigenvalue weighted by Crippen LogP contribution is -2.27. The molecule has 1 rings (SSSR count). The Bertz CT molecular complexity index is 407. The van der Waals surface area contributed by atoms with Gasteiger partial charge in [0.05, 0.1) is 19.3 Å². The summed E-state index contributed by atoms with van der Waals surface area (Å²) < 4.78 is 4.98. The molecule has 0 saturated carbocycles. The summed E-state index contributed by atoms with van der Waals surface area (Å²) in [5.74, 6) is 0.499. The third-order valence-electron chi connectivity index (χ3n) is 2.62. The van der Waals surface area contributed by atoms with E-state index in [0.717, 1.165) is 6.42 Å². The highest BCUT2D eigenvalue weighted by molar-refractivity contribution is 5.94. The summed E-state index contributed by atoms with van der Waals surface area (Å²) in [6.07, 6.45) is 2.41. The normalized spacial score (nSPS) is 12.3. The van der Waals surface area contributed by atoms with Crippen LogP contribution >= 0.6 is 0 Å². The molecule has 1 aromatic rings. The van der Waals surface area contributed by atoms with Gasteiger partial charge in [0.15, 0.2) is 0 Å². The first-order chi connectivity index (χ1) is 9.08. The average Bonchev–Trinajstić information content (AvgIpc) is 2.38. The zero-order chi connectivity index (χ0) is 14.3. The number of nitrogens with zero attached hydrogens (tertiary/aromatic N) is 1. The van der Waals surface area contributed by atoms with Crippen LogP contribution in [0.1, 0.15) is 37.6 Å². The first-order valence-corrected chi connectivity index (χ1v) is 6.58. The number of ether oxygens (including phenoxy) is 1. The third-order valence-corrected chi connectivity index (χ3v) is 2.62. The van der Waals surface area contributed by atoms with E-state index < -0.39 is 5.97 Å². The summed E-state index contributed by atoms with van der Waals surface area (Å²) in [6.45, 7) is 6.24. The zero-order valence-electron chi connectivity index (χ0n) is 11.7. The number of rotatable bonds is 7. The third kappa shape index (κ3) is 4.87. The number of anilines is 1. The number of esters is 1. The molecule has 1 unspecified atom stereocenters. The number of pyridine rings is 1. The fourth-order valence-corrected chi connectivity index (χ4v) is 1.84. The van der Waals surface area contributed by atoms with Crippen molar-refractivity contribution in [1.82, 2.24) is 4.98 Å². The Morgan fingerprint density at radius 3 is 2.84 bits per heavy atom. The van der Waals surface area contributed by atoms with E-state index >= 15 is 0 Å². The standard InChI is InChI=1S/C14H22N2O3/c1-4-19-14(18)12-6-5-7-15-13(12)16-11(9-17)8-10(2)3/h5-7,10-11,17H,4,8-9H2,1-3H3,(H,15,16). The van der Waals surface area contributed by atoms with Gasteiger partial charge >= 0.3 is 5.97 Å². The molecule has 0 aliphatic heterocycles. The number of hydrogen-bond acceptors (Lipinski definition) is 5. The Balaban J connectivity index is 2.84. The second-order valence-corrected chi connectivity index (χ2v) is 4.77. The van der Waals surface area contributed by atoms with Crippen molar-refractivity contribution >= 4 is 11.8 Å². The van der Waals surface area contributed by atoms with Gasteiger partial charge in [-0.05, 0) is 31.4 Å². The quantitative estimate of drug-likeness (QED) is 0.739. The van der Waals surface area contributed by atoms with Gasteiger partial charge in [0.1, 0.15) is 11.4 Å². The predicted molar refractivity (Wildman–Crippen MR) is 74.1 cm³/mol. The highest BCUT2D eigenvalue weighted by atomic mass is 16.5. The van der Waals surface area contributed by atoms with Crippen LogP contribution in [0.3, 0.4) is 0 Å². The van der Waals surface area contributed by atoms with E-state index in [4.69, 9.17) is 4.74 Å². The van der Waals surface area contributed by atoms with E-state index in [1.54, 1.807) is 25.3 Å². The van der Waals surface area contributed by atoms with E-state index in [0.29, 0.717) is 23.9 Å². The molecule has 1 atom stereocenters. The molecule has 0 fully saturated rings. The summed E-state index contributed by atoms with van der Waals surface area (Å²) >= 11 is 0. The van der Waals surface area contributed by atoms with Crippen LogP contribution in [0.4, 0.5) is 5.82 Å². The molecular weight excluding hydrogens is 244 g/mol. The van der Waals surface area contributed by atoms with E-state index in [9.17, 15) is 9.90 Å². The highest BCUT2D eigenvalue weighted by Gasteiger charge is 2.17. The van der Waals surface area contributed by atoms with Crippen molar-refractivity contribution in [1.29, 1.82) is 0 Å². The molecule has 0 radical (unpaired) electrons. The van der Waals surface area contributed by atoms with Crippen molar-refractivity contribution in [2.75, 3.05) is 18.5 Å². The van der Waals surface area contributed by atoms with E-state index in [1.807, 2.05) is 0 Å². The van der Waals surface area contributed by atoms with Crippen LogP contribution in [-0.4, -0.2) is 35.3 Å². The van der Waals surface area contributed by atoms with Gasteiger partial charge in [0.2, 0.25) is 0 Å². The molecule has 0 spiro atoms. The van der Waals surface area contributed by atoms with Crippen LogP contribution in [0.5, 0.6) is 0 Å². The largest absolute Gasteiger partial charge is 0.462 e. The van der Waals surface area contributed by atoms with Crippen molar-refractivity contribution in [2.24, 2.45) is 5.92 Å². The first kappa shape index (κ1) is 15.4. The molecule has 0 saturated heterocycles. The lowest BCUT2D eigenvalue weighted by molar-refractivity contribution is 0.0527. The number of nitrogens with one attached hydrogen (secondary N) is 1. The number of aliphatic hydroxyl groups excluding tert-OH is 1. The molecule has 0 amide bonds. The van der Waals surface area contributed by atoms with Crippen LogP contribution in [0.2, 0.25) is 0 Å². The summed E-state index contributed by atoms with van der Waals surface area (Å²) in [4.78, 5) is 15.9. The minimum absolute atomic E-state index is 0.00296. The van der Waals surface area contributed by atoms with Crippen molar-refractivity contribution < 1.29 is 14.6 Å². The molecule has 106 valence electrons. The lowest BCUT2D eigenvalue weighted by atomic mass is 10.0. The maximum absolute atomic E-state index is 11.8. The zero-order valence-corrected chi connectivity index (χ0v) is 11.7. The lowest BCUT2D eigenvalue weighted by Gasteiger charge is -2.20. The van der Waals surface area contributed by atoms with Gasteiger partial charge in [0, 0.05) is 6.20 Å². The van der Waals surface area contributed by atoms with Crippen molar-refractivity contribution in [3.63, 3.8) is 0 Å². The van der Waals surface area contributed by atoms with Gasteiger partial charge in [-0.3, -0.25) is 0 Å². The summed E-state index contributed by atoms with van der Waals surface area (Å²) in [5, 5.41) is 12.5. The fourth-order valence-electron chi connectivity index (χ4n) is 1.84. The molecule has 1 aromatic heterocycles. The Kier molecular flexibility index (Phi) is 6.29. The smallest absolute Gasteiger partial charge is 0.341 e. The molecule has 5 heteroatoms. The van der Waals surface area contributed by atoms with Crippen LogP contribution in [0.25, 0.3) is 0 Å². The van der Waals surface area contributed by atoms with Crippen molar-refractivity contribution in [2.45, 2.75) is 33.2 Å². The van der Waals surface area contributed by atoms with Gasteiger partial charge in [-0.15, -0.1) is 0 Å². The Morgan fingerprint density at radius 2 is 2.26 bits per heavy atom. The number of hydrogen-bond donors (Lipinski definition) is 2. The molecule has 2 N–H and O–H groups in total. The summed E-state index contributed by atoms with van der Waals surface area (Å²) in [5.41, 5.74) is 0.395. The number of carbonyl (C=O) groups excluding carboxylic acids is 1. The average molecular weight is 266 g/mol. The van der Waals surface area contributed by atoms with Gasteiger partial charge in [-0.25, -0.2) is 9.78 Å². The second-order valence-electron chi connectivity index (χ2n) is 4.77. The Labute approximate surface area is 114 Å². The second kappa shape index (κ2) is 7.74. The van der Waals surface area contributed by atoms with Crippen LogP contribution in [-0.2, 0) is 4.74 Å². The molecule has 0 aromatic carbocycles. The molecule has 0 aliphatic rings. The predicted octanol–water partition coefficient (Wildman–Crippen LogP) is 2.08. The van der Waals surface area contributed by atoms with Crippen molar-refractivity contribution in [3.8, 4) is 0 Å². The van der Waals surface area contributed by atoms with Gasteiger partial charge in [0.25, 0.3) is 0 Å². The van der Waals surface area contributed by atoms with Crippen LogP contribution < -0.4 is 5.32 Å². The molecule has 5 nitrogen and oxygen atoms in total. The van der Waals surface area contributed by atoms with E-state index in [-0.39, 0.29) is 12.6 Å². The van der Waals surface area contributed by atoms with E-state index in [1.165, 1.54) is 0 Å². The van der Waals surface area contributed by atoms with Crippen LogP contribution in [0.15, 0.2) is 18.3 Å². The Hall–Kier alpha value is -1.62. The van der Waals surface area contributed by atoms with Crippen LogP contribution in [0, 0.1) is 5.92 Å². The number of aromatic nitrogens is 1. The SMILES string of the molecule is CCOC(=O)c1cccnc1NC(CO)CC(C)C. The van der Waals surface area contributed by atoms with E-state index in [2.05, 4.69) is 24.1 Å². The maximum Gasteiger partial charge on any atom is 0.341 e. The number of carbonyl (C=O) groups is 1. The minimum atomic E-state index is -0.403. The molecule has 1 heterocycles. The topological polar surface area (TPSA) is 71.5 Å². The molecule has 0 bridgehead atoms. The fraction of sp³-hybridized carbons (Fsp3) is 0.571. The highest BCUT2D eigenvalue weighted by Crippen LogP contribution is 2.16. The van der Waals surface area contributed by atoms with Gasteiger partial charge in [-0.2, -0.15) is 0 Å². The molecule has 19 heavy (non-hydrogen) atoms.